The van der Waals surface area contributed by atoms with Gasteiger partial charge in [0.05, 0.1) is 11.8 Å². The van der Waals surface area contributed by atoms with Crippen LogP contribution in [-0.4, -0.2) is 32.3 Å². The molecule has 0 aliphatic rings. The van der Waals surface area contributed by atoms with Crippen molar-refractivity contribution in [3.8, 4) is 0 Å². The van der Waals surface area contributed by atoms with E-state index in [0.29, 0.717) is 5.56 Å². The number of ketones is 1. The lowest BCUT2D eigenvalue weighted by molar-refractivity contribution is -0.119. The van der Waals surface area contributed by atoms with E-state index in [0.717, 1.165) is 6.26 Å². The molecule has 0 saturated heterocycles. The zero-order valence-electron chi connectivity index (χ0n) is 10.4. The van der Waals surface area contributed by atoms with Crippen LogP contribution in [0.15, 0.2) is 18.2 Å². The zero-order valence-corrected chi connectivity index (χ0v) is 12.0. The van der Waals surface area contributed by atoms with Gasteiger partial charge in [-0.05, 0) is 30.2 Å². The maximum absolute atomic E-state index is 13.0. The Morgan fingerprint density at radius 2 is 2.11 bits per heavy atom. The van der Waals surface area contributed by atoms with E-state index in [2.05, 4.69) is 0 Å². The highest BCUT2D eigenvalue weighted by Crippen LogP contribution is 2.18. The van der Waals surface area contributed by atoms with Gasteiger partial charge in [0.15, 0.2) is 5.78 Å². The maximum Gasteiger partial charge on any atom is 0.153 e. The Morgan fingerprint density at radius 1 is 1.47 bits per heavy atom. The van der Waals surface area contributed by atoms with Gasteiger partial charge in [-0.2, -0.15) is 0 Å². The molecule has 1 rings (SSSR count). The number of carbonyl (C=O) groups excluding carboxylic acids is 1. The second kappa shape index (κ2) is 6.45. The summed E-state index contributed by atoms with van der Waals surface area (Å²) in [5.74, 6) is -1.01. The third-order valence-electron chi connectivity index (χ3n) is 2.59. The molecule has 0 bridgehead atoms. The lowest BCUT2D eigenvalue weighted by Crippen LogP contribution is -2.33. The fourth-order valence-electron chi connectivity index (χ4n) is 1.50. The summed E-state index contributed by atoms with van der Waals surface area (Å²) in [6.45, 7) is 0. The Balaban J connectivity index is 2.66. The number of benzene rings is 1. The van der Waals surface area contributed by atoms with Gasteiger partial charge in [-0.25, -0.2) is 12.8 Å². The average molecular weight is 308 g/mol. The summed E-state index contributed by atoms with van der Waals surface area (Å²) in [5, 5.41) is 0.282. The van der Waals surface area contributed by atoms with Gasteiger partial charge in [-0.3, -0.25) is 4.79 Å². The summed E-state index contributed by atoms with van der Waals surface area (Å²) in [4.78, 5) is 11.8. The molecule has 1 aromatic rings. The zero-order chi connectivity index (χ0) is 14.6. The van der Waals surface area contributed by atoms with Crippen LogP contribution in [0.2, 0.25) is 5.02 Å². The molecule has 4 nitrogen and oxygen atoms in total. The molecule has 106 valence electrons. The predicted octanol–water partition coefficient (Wildman–Crippen LogP) is 1.35. The van der Waals surface area contributed by atoms with Crippen LogP contribution >= 0.6 is 11.6 Å². The number of sulfone groups is 1. The van der Waals surface area contributed by atoms with Crippen LogP contribution in [0.3, 0.4) is 0 Å². The van der Waals surface area contributed by atoms with Crippen LogP contribution in [0, 0.1) is 5.82 Å². The topological polar surface area (TPSA) is 77.2 Å². The van der Waals surface area contributed by atoms with Crippen molar-refractivity contribution in [3.63, 3.8) is 0 Å². The van der Waals surface area contributed by atoms with Crippen molar-refractivity contribution >= 4 is 27.2 Å². The van der Waals surface area contributed by atoms with E-state index < -0.39 is 21.7 Å². The standard InChI is InChI=1S/C12H15ClFNO3S/c1-19(17,18)5-4-11(15)12(16)7-8-6-9(14)2-3-10(8)13/h2-3,6,11H,4-5,7,15H2,1H3. The molecule has 0 aliphatic carbocycles. The van der Waals surface area contributed by atoms with Gasteiger partial charge in [-0.1, -0.05) is 11.6 Å². The molecular formula is C12H15ClFNO3S. The van der Waals surface area contributed by atoms with E-state index in [1.165, 1.54) is 18.2 Å². The second-order valence-corrected chi connectivity index (χ2v) is 7.07. The summed E-state index contributed by atoms with van der Waals surface area (Å²) in [7, 11) is -3.16. The average Bonchev–Trinajstić information content (AvgIpc) is 2.29. The van der Waals surface area contributed by atoms with Crippen molar-refractivity contribution in [2.45, 2.75) is 18.9 Å². The molecule has 19 heavy (non-hydrogen) atoms. The van der Waals surface area contributed by atoms with Crippen molar-refractivity contribution in [2.24, 2.45) is 5.73 Å². The van der Waals surface area contributed by atoms with Crippen LogP contribution in [-0.2, 0) is 21.1 Å². The molecule has 0 aliphatic heterocycles. The van der Waals surface area contributed by atoms with Crippen LogP contribution in [0.1, 0.15) is 12.0 Å². The molecule has 1 aromatic carbocycles. The minimum atomic E-state index is -3.16. The Hall–Kier alpha value is -0.980. The van der Waals surface area contributed by atoms with Crippen molar-refractivity contribution in [2.75, 3.05) is 12.0 Å². The fourth-order valence-corrected chi connectivity index (χ4v) is 2.37. The first-order valence-electron chi connectivity index (χ1n) is 5.59. The molecule has 0 radical (unpaired) electrons. The molecule has 1 unspecified atom stereocenters. The quantitative estimate of drug-likeness (QED) is 0.860. The number of hydrogen-bond donors (Lipinski definition) is 1. The van der Waals surface area contributed by atoms with Gasteiger partial charge in [0, 0.05) is 17.7 Å². The summed E-state index contributed by atoms with van der Waals surface area (Å²) >= 11 is 5.84. The Labute approximate surface area is 116 Å². The Morgan fingerprint density at radius 3 is 2.68 bits per heavy atom. The van der Waals surface area contributed by atoms with Gasteiger partial charge in [0.1, 0.15) is 15.7 Å². The minimum Gasteiger partial charge on any atom is -0.321 e. The Kier molecular flexibility index (Phi) is 5.46. The second-order valence-electron chi connectivity index (χ2n) is 4.40. The first kappa shape index (κ1) is 16.1. The minimum absolute atomic E-state index is 0.0462. The first-order chi connectivity index (χ1) is 8.69. The van der Waals surface area contributed by atoms with Gasteiger partial charge >= 0.3 is 0 Å². The summed E-state index contributed by atoms with van der Waals surface area (Å²) in [6, 6.07) is 2.83. The molecule has 2 N–H and O–H groups in total. The molecule has 1 atom stereocenters. The number of Topliss-reactive ketones (excluding diaryl/α,β-unsaturated/α-hetero) is 1. The lowest BCUT2D eigenvalue weighted by Gasteiger charge is -2.10. The smallest absolute Gasteiger partial charge is 0.153 e. The number of nitrogens with two attached hydrogens (primary N) is 1. The number of halogens is 2. The molecule has 0 fully saturated rings. The molecular weight excluding hydrogens is 293 g/mol. The van der Waals surface area contributed by atoms with E-state index >= 15 is 0 Å². The summed E-state index contributed by atoms with van der Waals surface area (Å²) < 4.78 is 35.0. The van der Waals surface area contributed by atoms with Gasteiger partial charge in [0.2, 0.25) is 0 Å². The third kappa shape index (κ3) is 5.67. The van der Waals surface area contributed by atoms with E-state index in [1.807, 2.05) is 0 Å². The maximum atomic E-state index is 13.0. The monoisotopic (exact) mass is 307 g/mol. The predicted molar refractivity (Wildman–Crippen MR) is 72.4 cm³/mol. The van der Waals surface area contributed by atoms with Crippen LogP contribution < -0.4 is 5.73 Å². The van der Waals surface area contributed by atoms with Crippen LogP contribution in [0.25, 0.3) is 0 Å². The fraction of sp³-hybridized carbons (Fsp3) is 0.417. The largest absolute Gasteiger partial charge is 0.321 e. The molecule has 7 heteroatoms. The highest BCUT2D eigenvalue weighted by atomic mass is 35.5. The van der Waals surface area contributed by atoms with Gasteiger partial charge in [0.25, 0.3) is 0 Å². The van der Waals surface area contributed by atoms with Crippen molar-refractivity contribution in [3.05, 3.63) is 34.6 Å². The third-order valence-corrected chi connectivity index (χ3v) is 3.93. The van der Waals surface area contributed by atoms with E-state index in [1.54, 1.807) is 0 Å². The van der Waals surface area contributed by atoms with E-state index in [9.17, 15) is 17.6 Å². The normalized spacial score (nSPS) is 13.3. The SMILES string of the molecule is CS(=O)(=O)CCC(N)C(=O)Cc1cc(F)ccc1Cl. The van der Waals surface area contributed by atoms with Crippen molar-refractivity contribution in [1.82, 2.24) is 0 Å². The van der Waals surface area contributed by atoms with Crippen LogP contribution in [0.5, 0.6) is 0 Å². The molecule has 0 saturated carbocycles. The highest BCUT2D eigenvalue weighted by molar-refractivity contribution is 7.90. The molecule has 0 heterocycles. The summed E-state index contributed by atoms with van der Waals surface area (Å²) in [6.07, 6.45) is 1.01. The first-order valence-corrected chi connectivity index (χ1v) is 8.03. The molecule has 0 amide bonds. The van der Waals surface area contributed by atoms with Gasteiger partial charge in [-0.15, -0.1) is 0 Å². The van der Waals surface area contributed by atoms with Gasteiger partial charge < -0.3 is 5.73 Å². The summed E-state index contributed by atoms with van der Waals surface area (Å²) in [5.41, 5.74) is 5.96. The number of carbonyl (C=O) groups is 1. The molecule has 0 spiro atoms. The van der Waals surface area contributed by atoms with Crippen molar-refractivity contribution < 1.29 is 17.6 Å². The van der Waals surface area contributed by atoms with E-state index in [4.69, 9.17) is 17.3 Å². The highest BCUT2D eigenvalue weighted by Gasteiger charge is 2.17. The van der Waals surface area contributed by atoms with E-state index in [-0.39, 0.29) is 29.4 Å². The number of hydrogen-bond acceptors (Lipinski definition) is 4. The van der Waals surface area contributed by atoms with Crippen molar-refractivity contribution in [1.29, 1.82) is 0 Å². The number of rotatable bonds is 6. The lowest BCUT2D eigenvalue weighted by atomic mass is 10.0. The van der Waals surface area contributed by atoms with Crippen LogP contribution in [0.4, 0.5) is 4.39 Å². The Bertz CT molecular complexity index is 574. The molecule has 0 aromatic heterocycles.